The summed E-state index contributed by atoms with van der Waals surface area (Å²) in [6.45, 7) is 6.33. The van der Waals surface area contributed by atoms with Gasteiger partial charge in [-0.15, -0.1) is 0 Å². The Labute approximate surface area is 185 Å². The minimum atomic E-state index is -0.354. The van der Waals surface area contributed by atoms with E-state index >= 15 is 0 Å². The number of hydrogen-bond acceptors (Lipinski definition) is 4. The van der Waals surface area contributed by atoms with Gasteiger partial charge in [-0.25, -0.2) is 4.79 Å². The number of phenols is 1. The summed E-state index contributed by atoms with van der Waals surface area (Å²) in [5.41, 5.74) is 5.84. The third-order valence-electron chi connectivity index (χ3n) is 4.96. The number of esters is 1. The van der Waals surface area contributed by atoms with Gasteiger partial charge in [0.1, 0.15) is 0 Å². The van der Waals surface area contributed by atoms with E-state index < -0.39 is 0 Å². The fourth-order valence-corrected chi connectivity index (χ4v) is 3.11. The Morgan fingerprint density at radius 3 is 2.26 bits per heavy atom. The Morgan fingerprint density at radius 2 is 1.65 bits per heavy atom. The number of ether oxygens (including phenoxy) is 2. The summed E-state index contributed by atoms with van der Waals surface area (Å²) >= 11 is 0. The Balaban J connectivity index is 2.18. The molecule has 0 heterocycles. The molecule has 31 heavy (non-hydrogen) atoms. The average Bonchev–Trinajstić information content (AvgIpc) is 2.77. The first kappa shape index (κ1) is 24.0. The van der Waals surface area contributed by atoms with Crippen LogP contribution in [-0.2, 0) is 11.2 Å². The summed E-state index contributed by atoms with van der Waals surface area (Å²) in [5.74, 6) is 0.275. The zero-order chi connectivity index (χ0) is 22.8. The number of carbonyl (C=O) groups is 1. The summed E-state index contributed by atoms with van der Waals surface area (Å²) in [5, 5.41) is 10.5. The highest BCUT2D eigenvalue weighted by molar-refractivity contribution is 5.89. The second-order valence-electron chi connectivity index (χ2n) is 7.75. The van der Waals surface area contributed by atoms with Gasteiger partial charge in [0.05, 0.1) is 19.8 Å². The first-order valence-corrected chi connectivity index (χ1v) is 10.4. The molecule has 0 aliphatic heterocycles. The van der Waals surface area contributed by atoms with E-state index in [0.29, 0.717) is 17.7 Å². The van der Waals surface area contributed by atoms with E-state index in [1.165, 1.54) is 18.3 Å². The molecule has 0 unspecified atom stereocenters. The monoisotopic (exact) mass is 420 g/mol. The number of allylic oxidation sites excluding steroid dienone is 4. The zero-order valence-electron chi connectivity index (χ0n) is 19.1. The van der Waals surface area contributed by atoms with Crippen molar-refractivity contribution < 1.29 is 19.4 Å². The molecule has 0 atom stereocenters. The van der Waals surface area contributed by atoms with Crippen LogP contribution in [0.25, 0.3) is 12.2 Å². The first-order chi connectivity index (χ1) is 14.8. The lowest BCUT2D eigenvalue weighted by Gasteiger charge is -2.10. The molecule has 0 bridgehead atoms. The van der Waals surface area contributed by atoms with Gasteiger partial charge in [0.15, 0.2) is 11.5 Å². The minimum Gasteiger partial charge on any atom is -0.504 e. The molecular weight excluding hydrogens is 388 g/mol. The Hall–Kier alpha value is -3.27. The molecule has 0 aromatic heterocycles. The fraction of sp³-hybridized carbons (Fsp3) is 0.296. The topological polar surface area (TPSA) is 55.8 Å². The highest BCUT2D eigenvalue weighted by Crippen LogP contribution is 2.33. The molecule has 0 aliphatic carbocycles. The predicted molar refractivity (Wildman–Crippen MR) is 127 cm³/mol. The van der Waals surface area contributed by atoms with Gasteiger partial charge in [-0.05, 0) is 75.4 Å². The van der Waals surface area contributed by atoms with Crippen LogP contribution in [0.4, 0.5) is 0 Å². The fourth-order valence-electron chi connectivity index (χ4n) is 3.11. The molecule has 164 valence electrons. The molecule has 4 heteroatoms. The molecule has 2 aromatic carbocycles. The van der Waals surface area contributed by atoms with E-state index in [1.807, 2.05) is 36.4 Å². The molecule has 0 aliphatic rings. The number of carbonyl (C=O) groups excluding carboxylic acids is 1. The third kappa shape index (κ3) is 7.49. The van der Waals surface area contributed by atoms with Crippen LogP contribution < -0.4 is 4.74 Å². The lowest BCUT2D eigenvalue weighted by Crippen LogP contribution is -2.00. The Bertz CT molecular complexity index is 975. The summed E-state index contributed by atoms with van der Waals surface area (Å²) < 4.78 is 10.1. The molecule has 2 aromatic rings. The molecule has 0 spiro atoms. The van der Waals surface area contributed by atoms with Gasteiger partial charge in [0, 0.05) is 5.56 Å². The minimum absolute atomic E-state index is 0.176. The highest BCUT2D eigenvalue weighted by Gasteiger charge is 2.09. The van der Waals surface area contributed by atoms with Crippen molar-refractivity contribution in [3.05, 3.63) is 82.0 Å². The van der Waals surface area contributed by atoms with Crippen molar-refractivity contribution >= 4 is 18.1 Å². The molecule has 0 saturated carbocycles. The Kier molecular flexibility index (Phi) is 9.13. The second kappa shape index (κ2) is 11.8. The summed E-state index contributed by atoms with van der Waals surface area (Å²) in [6.07, 6.45) is 11.0. The summed E-state index contributed by atoms with van der Waals surface area (Å²) in [7, 11) is 2.92. The number of aromatic hydroxyl groups is 1. The molecule has 0 fully saturated rings. The van der Waals surface area contributed by atoms with Gasteiger partial charge in [0.2, 0.25) is 0 Å². The van der Waals surface area contributed by atoms with Crippen molar-refractivity contribution in [2.75, 3.05) is 14.2 Å². The van der Waals surface area contributed by atoms with Gasteiger partial charge in [-0.2, -0.15) is 0 Å². The van der Waals surface area contributed by atoms with Crippen molar-refractivity contribution in [3.8, 4) is 11.5 Å². The quantitative estimate of drug-likeness (QED) is 0.282. The van der Waals surface area contributed by atoms with Gasteiger partial charge in [0.25, 0.3) is 0 Å². The third-order valence-corrected chi connectivity index (χ3v) is 4.96. The largest absolute Gasteiger partial charge is 0.504 e. The highest BCUT2D eigenvalue weighted by atomic mass is 16.5. The van der Waals surface area contributed by atoms with Gasteiger partial charge in [-0.1, -0.05) is 47.6 Å². The van der Waals surface area contributed by atoms with E-state index in [4.69, 9.17) is 9.47 Å². The van der Waals surface area contributed by atoms with Crippen molar-refractivity contribution in [3.63, 3.8) is 0 Å². The van der Waals surface area contributed by atoms with Crippen LogP contribution >= 0.6 is 0 Å². The SMILES string of the molecule is COC(=O)c1ccc(C=Cc2cc(CC=C(C)CCC=C(C)C)c(O)c(OC)c2)cc1. The van der Waals surface area contributed by atoms with Crippen molar-refractivity contribution in [1.29, 1.82) is 0 Å². The van der Waals surface area contributed by atoms with Crippen LogP contribution in [0.5, 0.6) is 11.5 Å². The first-order valence-electron chi connectivity index (χ1n) is 10.4. The second-order valence-corrected chi connectivity index (χ2v) is 7.75. The van der Waals surface area contributed by atoms with E-state index in [1.54, 1.807) is 19.2 Å². The molecule has 0 radical (unpaired) electrons. The van der Waals surface area contributed by atoms with Crippen molar-refractivity contribution in [2.24, 2.45) is 0 Å². The molecule has 4 nitrogen and oxygen atoms in total. The van der Waals surface area contributed by atoms with Crippen LogP contribution in [0.2, 0.25) is 0 Å². The molecule has 0 amide bonds. The average molecular weight is 421 g/mol. The number of rotatable bonds is 9. The smallest absolute Gasteiger partial charge is 0.337 e. The standard InChI is InChI=1S/C27H32O4/c1-19(2)7-6-8-20(3)9-14-24-17-22(18-25(30-4)26(24)28)11-10-21-12-15-23(16-13-21)27(29)31-5/h7,9-13,15-18,28H,6,8,14H2,1-5H3. The van der Waals surface area contributed by atoms with Crippen LogP contribution in [0.15, 0.2) is 59.7 Å². The maximum absolute atomic E-state index is 11.6. The Morgan fingerprint density at radius 1 is 0.968 bits per heavy atom. The maximum atomic E-state index is 11.6. The lowest BCUT2D eigenvalue weighted by atomic mass is 10.0. The van der Waals surface area contributed by atoms with Crippen LogP contribution in [0.3, 0.4) is 0 Å². The lowest BCUT2D eigenvalue weighted by molar-refractivity contribution is 0.0600. The van der Waals surface area contributed by atoms with E-state index in [0.717, 1.165) is 29.5 Å². The normalized spacial score (nSPS) is 11.5. The van der Waals surface area contributed by atoms with E-state index in [2.05, 4.69) is 32.9 Å². The summed E-state index contributed by atoms with van der Waals surface area (Å²) in [6, 6.07) is 11.0. The predicted octanol–water partition coefficient (Wildman–Crippen LogP) is 6.59. The number of methoxy groups -OCH3 is 2. The van der Waals surface area contributed by atoms with Crippen LogP contribution in [0, 0.1) is 0 Å². The zero-order valence-corrected chi connectivity index (χ0v) is 19.1. The maximum Gasteiger partial charge on any atom is 0.337 e. The number of benzene rings is 2. The molecule has 1 N–H and O–H groups in total. The summed E-state index contributed by atoms with van der Waals surface area (Å²) in [4.78, 5) is 11.6. The molecule has 0 saturated heterocycles. The van der Waals surface area contributed by atoms with E-state index in [-0.39, 0.29) is 11.7 Å². The van der Waals surface area contributed by atoms with E-state index in [9.17, 15) is 9.90 Å². The van der Waals surface area contributed by atoms with Gasteiger partial charge >= 0.3 is 5.97 Å². The number of hydrogen-bond donors (Lipinski definition) is 1. The van der Waals surface area contributed by atoms with Gasteiger partial charge in [-0.3, -0.25) is 0 Å². The van der Waals surface area contributed by atoms with Gasteiger partial charge < -0.3 is 14.6 Å². The van der Waals surface area contributed by atoms with Crippen molar-refractivity contribution in [2.45, 2.75) is 40.0 Å². The van der Waals surface area contributed by atoms with Crippen LogP contribution in [0.1, 0.15) is 60.7 Å². The van der Waals surface area contributed by atoms with Crippen molar-refractivity contribution in [1.82, 2.24) is 0 Å². The van der Waals surface area contributed by atoms with Crippen LogP contribution in [-0.4, -0.2) is 25.3 Å². The number of phenolic OH excluding ortho intramolecular Hbond substituents is 1. The molecule has 2 rings (SSSR count). The molecular formula is C27H32O4.